The molecular formula is C18H24ClN5OS. The quantitative estimate of drug-likeness (QED) is 0.811. The van der Waals surface area contributed by atoms with Gasteiger partial charge in [-0.3, -0.25) is 0 Å². The summed E-state index contributed by atoms with van der Waals surface area (Å²) in [5.41, 5.74) is 2.49. The van der Waals surface area contributed by atoms with Gasteiger partial charge in [-0.25, -0.2) is 18.0 Å². The Kier molecular flexibility index (Phi) is 4.03. The highest BCUT2D eigenvalue weighted by Crippen LogP contribution is 2.52. The van der Waals surface area contributed by atoms with Gasteiger partial charge in [0.05, 0.1) is 11.9 Å². The third kappa shape index (κ3) is 2.51. The van der Waals surface area contributed by atoms with Crippen LogP contribution in [0.15, 0.2) is 12.4 Å². The Balaban J connectivity index is 1.28. The average molecular weight is 394 g/mol. The zero-order valence-corrected chi connectivity index (χ0v) is 16.6. The number of hydrogen-bond acceptors (Lipinski definition) is 4. The molecule has 1 spiro atoms. The maximum Gasteiger partial charge on any atom is 0.156 e. The van der Waals surface area contributed by atoms with Crippen LogP contribution in [0, 0.1) is 12.3 Å². The normalized spacial score (nSPS) is 23.1. The van der Waals surface area contributed by atoms with Gasteiger partial charge in [-0.15, -0.1) is 0 Å². The second-order valence-corrected chi connectivity index (χ2v) is 9.32. The third-order valence-corrected chi connectivity index (χ3v) is 7.65. The third-order valence-electron chi connectivity index (χ3n) is 6.54. The molecule has 0 unspecified atom stereocenters. The Morgan fingerprint density at radius 3 is 2.69 bits per heavy atom. The standard InChI is InChI=1S/C18H24ClN5OS/c1-12-6-15(19)23-16(12)17(20-11-21-23)22-9-18(10-22)7-14(8-18)24(26-25)13-4-2-3-5-13/h6,11,13-14,26H,2-5,7-10H2,1H3. The smallest absolute Gasteiger partial charge is 0.156 e. The van der Waals surface area contributed by atoms with Crippen molar-refractivity contribution in [3.8, 4) is 0 Å². The van der Waals surface area contributed by atoms with Crippen molar-refractivity contribution in [3.63, 3.8) is 0 Å². The summed E-state index contributed by atoms with van der Waals surface area (Å²) in [5.74, 6) is 0.980. The van der Waals surface area contributed by atoms with Gasteiger partial charge in [0.25, 0.3) is 0 Å². The van der Waals surface area contributed by atoms with E-state index in [9.17, 15) is 4.21 Å². The van der Waals surface area contributed by atoms with E-state index in [0.717, 1.165) is 42.8 Å². The minimum atomic E-state index is 0.215. The van der Waals surface area contributed by atoms with Gasteiger partial charge in [0.2, 0.25) is 0 Å². The number of thiol groups is 1. The number of halogens is 1. The predicted octanol–water partition coefficient (Wildman–Crippen LogP) is 2.76. The molecule has 0 aromatic carbocycles. The first-order valence-corrected chi connectivity index (χ1v) is 10.6. The van der Waals surface area contributed by atoms with E-state index in [1.54, 1.807) is 10.8 Å². The molecule has 1 saturated heterocycles. The second-order valence-electron chi connectivity index (χ2n) is 8.31. The summed E-state index contributed by atoms with van der Waals surface area (Å²) in [7, 11) is 0. The summed E-state index contributed by atoms with van der Waals surface area (Å²) < 4.78 is 15.7. The molecule has 3 aliphatic rings. The van der Waals surface area contributed by atoms with Gasteiger partial charge in [0.15, 0.2) is 5.82 Å². The lowest BCUT2D eigenvalue weighted by atomic mass is 9.60. The molecule has 0 amide bonds. The number of fused-ring (bicyclic) bond motifs is 1. The number of hydrogen-bond donors (Lipinski definition) is 1. The first-order chi connectivity index (χ1) is 12.6. The van der Waals surface area contributed by atoms with Crippen molar-refractivity contribution >= 4 is 34.8 Å². The highest BCUT2D eigenvalue weighted by Gasteiger charge is 2.55. The monoisotopic (exact) mass is 393 g/mol. The van der Waals surface area contributed by atoms with Crippen LogP contribution >= 0.6 is 11.6 Å². The van der Waals surface area contributed by atoms with E-state index in [0.29, 0.717) is 22.7 Å². The summed E-state index contributed by atoms with van der Waals surface area (Å²) in [6.07, 6.45) is 8.86. The fourth-order valence-corrected chi connectivity index (χ4v) is 6.24. The topological polar surface area (TPSA) is 53.7 Å². The van der Waals surface area contributed by atoms with E-state index in [1.165, 1.54) is 25.7 Å². The van der Waals surface area contributed by atoms with Crippen LogP contribution < -0.4 is 4.90 Å². The summed E-state index contributed by atoms with van der Waals surface area (Å²) in [4.78, 5) is 6.87. The summed E-state index contributed by atoms with van der Waals surface area (Å²) in [6.45, 7) is 4.09. The molecule has 2 aromatic heterocycles. The molecule has 26 heavy (non-hydrogen) atoms. The zero-order chi connectivity index (χ0) is 17.9. The summed E-state index contributed by atoms with van der Waals surface area (Å²) >= 11 is 6.48. The van der Waals surface area contributed by atoms with Crippen LogP contribution in [0.25, 0.3) is 5.52 Å². The number of aryl methyl sites for hydroxylation is 1. The summed E-state index contributed by atoms with van der Waals surface area (Å²) in [6, 6.07) is 2.95. The van der Waals surface area contributed by atoms with Gasteiger partial charge in [0, 0.05) is 30.6 Å². The Morgan fingerprint density at radius 1 is 1.27 bits per heavy atom. The molecule has 0 bridgehead atoms. The van der Waals surface area contributed by atoms with Crippen LogP contribution in [0.5, 0.6) is 0 Å². The highest BCUT2D eigenvalue weighted by molar-refractivity contribution is 7.63. The lowest BCUT2D eigenvalue weighted by Crippen LogP contribution is -2.67. The first kappa shape index (κ1) is 17.0. The van der Waals surface area contributed by atoms with Crippen molar-refractivity contribution in [2.75, 3.05) is 18.0 Å². The van der Waals surface area contributed by atoms with E-state index < -0.39 is 0 Å². The Bertz CT molecular complexity index is 851. The maximum atomic E-state index is 11.7. The lowest BCUT2D eigenvalue weighted by Gasteiger charge is -2.61. The Labute approximate surface area is 162 Å². The first-order valence-electron chi connectivity index (χ1n) is 9.46. The fraction of sp³-hybridized carbons (Fsp3) is 0.667. The fourth-order valence-electron chi connectivity index (χ4n) is 5.29. The van der Waals surface area contributed by atoms with Crippen molar-refractivity contribution in [2.24, 2.45) is 5.41 Å². The van der Waals surface area contributed by atoms with Gasteiger partial charge >= 0.3 is 0 Å². The molecule has 140 valence electrons. The van der Waals surface area contributed by atoms with Crippen molar-refractivity contribution in [1.29, 1.82) is 0 Å². The molecule has 0 N–H and O–H groups in total. The van der Waals surface area contributed by atoms with Crippen LogP contribution in [-0.4, -0.2) is 48.3 Å². The van der Waals surface area contributed by atoms with Gasteiger partial charge in [-0.1, -0.05) is 24.4 Å². The molecule has 5 rings (SSSR count). The van der Waals surface area contributed by atoms with Crippen molar-refractivity contribution < 1.29 is 4.21 Å². The van der Waals surface area contributed by atoms with Crippen molar-refractivity contribution in [1.82, 2.24) is 18.9 Å². The highest BCUT2D eigenvalue weighted by atomic mass is 35.5. The minimum Gasteiger partial charge on any atom is -0.354 e. The maximum absolute atomic E-state index is 11.7. The van der Waals surface area contributed by atoms with Crippen LogP contribution in [0.4, 0.5) is 5.82 Å². The largest absolute Gasteiger partial charge is 0.354 e. The predicted molar refractivity (Wildman–Crippen MR) is 104 cm³/mol. The van der Waals surface area contributed by atoms with Crippen molar-refractivity contribution in [2.45, 2.75) is 57.5 Å². The molecule has 2 saturated carbocycles. The molecule has 2 aromatic rings. The average Bonchev–Trinajstić information content (AvgIpc) is 3.18. The van der Waals surface area contributed by atoms with E-state index in [4.69, 9.17) is 11.6 Å². The van der Waals surface area contributed by atoms with E-state index in [1.807, 2.05) is 6.07 Å². The Morgan fingerprint density at radius 2 is 2.00 bits per heavy atom. The Hall–Kier alpha value is -1.18. The molecular weight excluding hydrogens is 370 g/mol. The molecule has 3 heterocycles. The van der Waals surface area contributed by atoms with Crippen LogP contribution in [0.3, 0.4) is 0 Å². The van der Waals surface area contributed by atoms with E-state index in [2.05, 4.69) is 26.2 Å². The number of nitrogens with zero attached hydrogens (tertiary/aromatic N) is 5. The summed E-state index contributed by atoms with van der Waals surface area (Å²) in [5, 5.41) is 4.90. The molecule has 0 radical (unpaired) electrons. The number of rotatable bonds is 4. The molecule has 1 aliphatic heterocycles. The number of anilines is 1. The van der Waals surface area contributed by atoms with Crippen LogP contribution in [0.2, 0.25) is 5.15 Å². The zero-order valence-electron chi connectivity index (χ0n) is 14.9. The number of aromatic nitrogens is 3. The second kappa shape index (κ2) is 6.17. The van der Waals surface area contributed by atoms with Gasteiger partial charge in [-0.05, 0) is 44.2 Å². The van der Waals surface area contributed by atoms with Gasteiger partial charge < -0.3 is 4.90 Å². The van der Waals surface area contributed by atoms with Crippen LogP contribution in [0.1, 0.15) is 44.1 Å². The molecule has 0 atom stereocenters. The van der Waals surface area contributed by atoms with E-state index >= 15 is 0 Å². The van der Waals surface area contributed by atoms with Gasteiger partial charge in [-0.2, -0.15) is 5.10 Å². The van der Waals surface area contributed by atoms with Crippen molar-refractivity contribution in [3.05, 3.63) is 23.1 Å². The molecule has 3 fully saturated rings. The lowest BCUT2D eigenvalue weighted by molar-refractivity contribution is 0.00481. The molecule has 6 nitrogen and oxygen atoms in total. The van der Waals surface area contributed by atoms with E-state index in [-0.39, 0.29) is 11.9 Å². The SMILES string of the molecule is Cc1cc(Cl)n2ncnc(N3CC4(CC(N([SH]=O)C5CCCC5)C4)C3)c12. The van der Waals surface area contributed by atoms with Gasteiger partial charge in [0.1, 0.15) is 17.0 Å². The minimum absolute atomic E-state index is 0.215. The molecule has 2 aliphatic carbocycles. The van der Waals surface area contributed by atoms with Crippen LogP contribution in [-0.2, 0) is 11.9 Å². The molecule has 8 heteroatoms.